The Kier molecular flexibility index (Phi) is 6.51. The molecule has 1 atom stereocenters. The maximum Gasteiger partial charge on any atom is 0.223 e. The lowest BCUT2D eigenvalue weighted by Crippen LogP contribution is -2.38. The summed E-state index contributed by atoms with van der Waals surface area (Å²) in [5, 5.41) is 9.39. The highest BCUT2D eigenvalue weighted by atomic mass is 16.3. The highest BCUT2D eigenvalue weighted by Gasteiger charge is 2.27. The molecule has 27 heavy (non-hydrogen) atoms. The summed E-state index contributed by atoms with van der Waals surface area (Å²) in [5.41, 5.74) is 3.63. The fraction of sp³-hybridized carbons (Fsp3) is 0.435. The lowest BCUT2D eigenvalue weighted by atomic mass is 9.94. The van der Waals surface area contributed by atoms with Crippen LogP contribution in [0.25, 0.3) is 0 Å². The van der Waals surface area contributed by atoms with E-state index in [1.165, 1.54) is 17.5 Å². The average molecular weight is 367 g/mol. The molecule has 0 bridgehead atoms. The lowest BCUT2D eigenvalue weighted by molar-refractivity contribution is -0.135. The summed E-state index contributed by atoms with van der Waals surface area (Å²) in [7, 11) is 4.15. The smallest absolute Gasteiger partial charge is 0.223 e. The van der Waals surface area contributed by atoms with Gasteiger partial charge in [-0.05, 0) is 68.6 Å². The topological polar surface area (TPSA) is 43.8 Å². The molecule has 1 aliphatic rings. The van der Waals surface area contributed by atoms with E-state index < -0.39 is 0 Å². The molecule has 4 heteroatoms. The van der Waals surface area contributed by atoms with Gasteiger partial charge in [-0.1, -0.05) is 36.4 Å². The van der Waals surface area contributed by atoms with Crippen molar-refractivity contribution in [3.8, 4) is 5.75 Å². The van der Waals surface area contributed by atoms with Crippen molar-refractivity contribution in [2.75, 3.05) is 20.6 Å². The maximum atomic E-state index is 12.9. The molecule has 0 aromatic heterocycles. The number of amides is 1. The number of hydrogen-bond donors (Lipinski definition) is 1. The number of aromatic hydroxyl groups is 1. The molecular formula is C23H30N2O2. The third-order valence-electron chi connectivity index (χ3n) is 5.25. The van der Waals surface area contributed by atoms with Gasteiger partial charge in [0.25, 0.3) is 0 Å². The highest BCUT2D eigenvalue weighted by Crippen LogP contribution is 2.32. The summed E-state index contributed by atoms with van der Waals surface area (Å²) >= 11 is 0. The van der Waals surface area contributed by atoms with Crippen LogP contribution in [-0.4, -0.2) is 41.5 Å². The zero-order valence-electron chi connectivity index (χ0n) is 16.4. The minimum Gasteiger partial charge on any atom is -0.508 e. The fourth-order valence-electron chi connectivity index (χ4n) is 3.84. The van der Waals surface area contributed by atoms with Crippen molar-refractivity contribution in [1.82, 2.24) is 9.80 Å². The highest BCUT2D eigenvalue weighted by molar-refractivity contribution is 5.77. The molecule has 2 aromatic carbocycles. The second kappa shape index (κ2) is 9.05. The molecule has 0 spiro atoms. The molecular weight excluding hydrogens is 336 g/mol. The SMILES string of the molecule is CN(C)Cc1ccc([C@H]2CCCCN2C(=O)CCc2ccc(O)cc2)cc1. The van der Waals surface area contributed by atoms with Crippen LogP contribution in [0.5, 0.6) is 5.75 Å². The quantitative estimate of drug-likeness (QED) is 0.836. The van der Waals surface area contributed by atoms with E-state index >= 15 is 0 Å². The maximum absolute atomic E-state index is 12.9. The van der Waals surface area contributed by atoms with Crippen molar-refractivity contribution in [3.63, 3.8) is 0 Å². The molecule has 1 amide bonds. The number of hydrogen-bond acceptors (Lipinski definition) is 3. The molecule has 1 aliphatic heterocycles. The number of rotatable bonds is 6. The third-order valence-corrected chi connectivity index (χ3v) is 5.25. The van der Waals surface area contributed by atoms with Gasteiger partial charge in [-0.2, -0.15) is 0 Å². The molecule has 2 aromatic rings. The van der Waals surface area contributed by atoms with E-state index in [1.54, 1.807) is 12.1 Å². The number of nitrogens with zero attached hydrogens (tertiary/aromatic N) is 2. The second-order valence-electron chi connectivity index (χ2n) is 7.74. The Balaban J connectivity index is 1.65. The first-order valence-corrected chi connectivity index (χ1v) is 9.84. The van der Waals surface area contributed by atoms with Crippen molar-refractivity contribution in [2.45, 2.75) is 44.7 Å². The normalized spacial score (nSPS) is 17.3. The predicted molar refractivity (Wildman–Crippen MR) is 109 cm³/mol. The van der Waals surface area contributed by atoms with Gasteiger partial charge in [-0.15, -0.1) is 0 Å². The molecule has 1 heterocycles. The van der Waals surface area contributed by atoms with Crippen LogP contribution in [0, 0.1) is 0 Å². The second-order valence-corrected chi connectivity index (χ2v) is 7.74. The number of carbonyl (C=O) groups excluding carboxylic acids is 1. The zero-order valence-corrected chi connectivity index (χ0v) is 16.4. The summed E-state index contributed by atoms with van der Waals surface area (Å²) in [6.45, 7) is 1.78. The first-order valence-electron chi connectivity index (χ1n) is 9.84. The summed E-state index contributed by atoms with van der Waals surface area (Å²) in [4.78, 5) is 17.1. The van der Waals surface area contributed by atoms with Crippen LogP contribution in [0.3, 0.4) is 0 Å². The standard InChI is InChI=1S/C23H30N2O2/c1-24(2)17-19-6-11-20(12-7-19)22-5-3-4-16-25(22)23(27)15-10-18-8-13-21(26)14-9-18/h6-9,11-14,22,26H,3-5,10,15-17H2,1-2H3/t22-/m1/s1. The number of benzene rings is 2. The third kappa shape index (κ3) is 5.33. The first-order chi connectivity index (χ1) is 13.0. The van der Waals surface area contributed by atoms with Gasteiger partial charge >= 0.3 is 0 Å². The van der Waals surface area contributed by atoms with E-state index in [1.807, 2.05) is 12.1 Å². The summed E-state index contributed by atoms with van der Waals surface area (Å²) in [6, 6.07) is 16.1. The number of aryl methyl sites for hydroxylation is 1. The molecule has 144 valence electrons. The summed E-state index contributed by atoms with van der Waals surface area (Å²) in [6.07, 6.45) is 4.52. The number of piperidine rings is 1. The van der Waals surface area contributed by atoms with E-state index in [9.17, 15) is 9.90 Å². The molecule has 1 saturated heterocycles. The lowest BCUT2D eigenvalue weighted by Gasteiger charge is -2.36. The zero-order chi connectivity index (χ0) is 19.2. The van der Waals surface area contributed by atoms with Crippen molar-refractivity contribution in [2.24, 2.45) is 0 Å². The molecule has 0 aliphatic carbocycles. The van der Waals surface area contributed by atoms with Crippen LogP contribution in [0.15, 0.2) is 48.5 Å². The largest absolute Gasteiger partial charge is 0.508 e. The van der Waals surface area contributed by atoms with E-state index in [4.69, 9.17) is 0 Å². The van der Waals surface area contributed by atoms with Crippen LogP contribution in [0.4, 0.5) is 0 Å². The number of phenolic OH excluding ortho intramolecular Hbond substituents is 1. The van der Waals surface area contributed by atoms with E-state index in [2.05, 4.69) is 48.2 Å². The van der Waals surface area contributed by atoms with Crippen LogP contribution < -0.4 is 0 Å². The summed E-state index contributed by atoms with van der Waals surface area (Å²) in [5.74, 6) is 0.490. The molecule has 0 unspecified atom stereocenters. The van der Waals surface area contributed by atoms with Crippen molar-refractivity contribution in [3.05, 3.63) is 65.2 Å². The van der Waals surface area contributed by atoms with Gasteiger partial charge in [0.05, 0.1) is 6.04 Å². The number of likely N-dealkylation sites (tertiary alicyclic amines) is 1. The van der Waals surface area contributed by atoms with Crippen LogP contribution in [0.1, 0.15) is 48.4 Å². The van der Waals surface area contributed by atoms with Gasteiger partial charge < -0.3 is 14.9 Å². The van der Waals surface area contributed by atoms with Gasteiger partial charge in [-0.3, -0.25) is 4.79 Å². The monoisotopic (exact) mass is 366 g/mol. The number of carbonyl (C=O) groups is 1. The molecule has 0 saturated carbocycles. The van der Waals surface area contributed by atoms with E-state index in [-0.39, 0.29) is 17.7 Å². The van der Waals surface area contributed by atoms with Crippen LogP contribution in [-0.2, 0) is 17.8 Å². The van der Waals surface area contributed by atoms with Crippen LogP contribution in [0.2, 0.25) is 0 Å². The van der Waals surface area contributed by atoms with Gasteiger partial charge in [0.1, 0.15) is 5.75 Å². The van der Waals surface area contributed by atoms with Crippen molar-refractivity contribution >= 4 is 5.91 Å². The minimum atomic E-state index is 0.194. The molecule has 4 nitrogen and oxygen atoms in total. The summed E-state index contributed by atoms with van der Waals surface area (Å²) < 4.78 is 0. The van der Waals surface area contributed by atoms with E-state index in [0.29, 0.717) is 12.8 Å². The Bertz CT molecular complexity index is 738. The fourth-order valence-corrected chi connectivity index (χ4v) is 3.84. The Labute approximate surface area is 162 Å². The van der Waals surface area contributed by atoms with Gasteiger partial charge in [0, 0.05) is 19.5 Å². The molecule has 3 rings (SSSR count). The van der Waals surface area contributed by atoms with E-state index in [0.717, 1.165) is 31.5 Å². The Morgan fingerprint density at radius 3 is 2.37 bits per heavy atom. The molecule has 1 N–H and O–H groups in total. The predicted octanol–water partition coefficient (Wildman–Crippen LogP) is 4.14. The Morgan fingerprint density at radius 2 is 1.70 bits per heavy atom. The molecule has 1 fully saturated rings. The Morgan fingerprint density at radius 1 is 1.04 bits per heavy atom. The van der Waals surface area contributed by atoms with Crippen LogP contribution >= 0.6 is 0 Å². The Hall–Kier alpha value is -2.33. The van der Waals surface area contributed by atoms with Crippen molar-refractivity contribution < 1.29 is 9.90 Å². The first kappa shape index (κ1) is 19.4. The average Bonchev–Trinajstić information content (AvgIpc) is 2.67. The minimum absolute atomic E-state index is 0.194. The van der Waals surface area contributed by atoms with Gasteiger partial charge in [0.2, 0.25) is 5.91 Å². The number of phenols is 1. The molecule has 0 radical (unpaired) electrons. The van der Waals surface area contributed by atoms with Gasteiger partial charge in [-0.25, -0.2) is 0 Å². The van der Waals surface area contributed by atoms with Gasteiger partial charge in [0.15, 0.2) is 0 Å². The van der Waals surface area contributed by atoms with Crippen molar-refractivity contribution in [1.29, 1.82) is 0 Å².